The molecular weight excluding hydrogens is 270 g/mol. The number of hydrazine groups is 1. The number of aromatic nitrogens is 2. The highest BCUT2D eigenvalue weighted by atomic mass is 32.2. The fourth-order valence-corrected chi connectivity index (χ4v) is 2.09. The van der Waals surface area contributed by atoms with Crippen LogP contribution < -0.4 is 16.6 Å². The zero-order valence-electron chi connectivity index (χ0n) is 11.8. The molecule has 0 amide bonds. The van der Waals surface area contributed by atoms with Gasteiger partial charge in [-0.25, -0.2) is 15.8 Å². The van der Waals surface area contributed by atoms with Crippen molar-refractivity contribution in [2.24, 2.45) is 5.84 Å². The fraction of sp³-hybridized carbons (Fsp3) is 0.286. The third-order valence-electron chi connectivity index (χ3n) is 2.77. The van der Waals surface area contributed by atoms with Gasteiger partial charge in [-0.1, -0.05) is 13.8 Å². The van der Waals surface area contributed by atoms with Gasteiger partial charge in [-0.2, -0.15) is 0 Å². The topological polar surface area (TPSA) is 75.9 Å². The molecule has 1 aromatic carbocycles. The maximum Gasteiger partial charge on any atom is 0.145 e. The van der Waals surface area contributed by atoms with Crippen LogP contribution >= 0.6 is 11.8 Å². The second-order valence-electron chi connectivity index (χ2n) is 4.65. The molecule has 106 valence electrons. The van der Waals surface area contributed by atoms with E-state index in [-0.39, 0.29) is 5.92 Å². The lowest BCUT2D eigenvalue weighted by molar-refractivity contribution is 0.777. The number of nitrogens with zero attached hydrogens (tertiary/aromatic N) is 2. The molecule has 20 heavy (non-hydrogen) atoms. The molecule has 0 unspecified atom stereocenters. The predicted molar refractivity (Wildman–Crippen MR) is 85.4 cm³/mol. The van der Waals surface area contributed by atoms with Crippen LogP contribution in [0.4, 0.5) is 17.3 Å². The second-order valence-corrected chi connectivity index (χ2v) is 5.53. The molecule has 0 saturated heterocycles. The lowest BCUT2D eigenvalue weighted by atomic mass is 10.2. The molecule has 6 heteroatoms. The number of benzene rings is 1. The van der Waals surface area contributed by atoms with Gasteiger partial charge in [0.2, 0.25) is 0 Å². The van der Waals surface area contributed by atoms with Crippen LogP contribution in [-0.4, -0.2) is 16.2 Å². The van der Waals surface area contributed by atoms with Crippen LogP contribution in [0.5, 0.6) is 0 Å². The molecular formula is C14H19N5S. The van der Waals surface area contributed by atoms with Crippen molar-refractivity contribution >= 4 is 29.1 Å². The highest BCUT2D eigenvalue weighted by Gasteiger charge is 2.07. The number of rotatable bonds is 5. The van der Waals surface area contributed by atoms with E-state index in [9.17, 15) is 0 Å². The van der Waals surface area contributed by atoms with E-state index >= 15 is 0 Å². The Morgan fingerprint density at radius 2 is 1.75 bits per heavy atom. The van der Waals surface area contributed by atoms with Crippen molar-refractivity contribution in [2.45, 2.75) is 24.7 Å². The fourth-order valence-electron chi connectivity index (χ4n) is 1.68. The SMILES string of the molecule is CSc1ccc(Nc2cc(NN)nc(C(C)C)n2)cc1. The van der Waals surface area contributed by atoms with Gasteiger partial charge in [0.15, 0.2) is 0 Å². The van der Waals surface area contributed by atoms with E-state index in [1.807, 2.05) is 26.0 Å². The summed E-state index contributed by atoms with van der Waals surface area (Å²) in [7, 11) is 0. The van der Waals surface area contributed by atoms with E-state index in [1.165, 1.54) is 4.90 Å². The molecule has 5 nitrogen and oxygen atoms in total. The number of nitrogen functional groups attached to an aromatic ring is 1. The summed E-state index contributed by atoms with van der Waals surface area (Å²) in [4.78, 5) is 10.1. The Morgan fingerprint density at radius 1 is 1.10 bits per heavy atom. The Bertz CT molecular complexity index is 568. The normalized spacial score (nSPS) is 10.7. The number of thioether (sulfide) groups is 1. The van der Waals surface area contributed by atoms with Gasteiger partial charge in [0, 0.05) is 22.6 Å². The van der Waals surface area contributed by atoms with Crippen molar-refractivity contribution in [1.29, 1.82) is 0 Å². The molecule has 0 radical (unpaired) electrons. The van der Waals surface area contributed by atoms with Crippen molar-refractivity contribution in [3.8, 4) is 0 Å². The van der Waals surface area contributed by atoms with Crippen LogP contribution in [0, 0.1) is 0 Å². The van der Waals surface area contributed by atoms with Gasteiger partial charge >= 0.3 is 0 Å². The Kier molecular flexibility index (Phi) is 4.81. The van der Waals surface area contributed by atoms with Crippen molar-refractivity contribution < 1.29 is 0 Å². The van der Waals surface area contributed by atoms with Gasteiger partial charge in [-0.3, -0.25) is 0 Å². The van der Waals surface area contributed by atoms with Crippen LogP contribution in [-0.2, 0) is 0 Å². The molecule has 2 rings (SSSR count). The number of nitrogens with two attached hydrogens (primary N) is 1. The van der Waals surface area contributed by atoms with E-state index in [1.54, 1.807) is 17.8 Å². The molecule has 0 aliphatic carbocycles. The molecule has 0 bridgehead atoms. The first-order valence-corrected chi connectivity index (χ1v) is 7.61. The molecule has 0 aliphatic rings. The van der Waals surface area contributed by atoms with Crippen molar-refractivity contribution in [2.75, 3.05) is 17.0 Å². The first-order chi connectivity index (χ1) is 9.62. The van der Waals surface area contributed by atoms with E-state index in [4.69, 9.17) is 5.84 Å². The molecule has 1 heterocycles. The summed E-state index contributed by atoms with van der Waals surface area (Å²) in [5.41, 5.74) is 3.56. The average molecular weight is 289 g/mol. The summed E-state index contributed by atoms with van der Waals surface area (Å²) >= 11 is 1.72. The number of anilines is 3. The smallest absolute Gasteiger partial charge is 0.145 e. The van der Waals surface area contributed by atoms with Crippen LogP contribution in [0.25, 0.3) is 0 Å². The van der Waals surface area contributed by atoms with Gasteiger partial charge in [-0.05, 0) is 30.5 Å². The van der Waals surface area contributed by atoms with Crippen LogP contribution in [0.2, 0.25) is 0 Å². The zero-order valence-corrected chi connectivity index (χ0v) is 12.7. The van der Waals surface area contributed by atoms with Gasteiger partial charge in [0.05, 0.1) is 0 Å². The third kappa shape index (κ3) is 3.61. The van der Waals surface area contributed by atoms with Crippen molar-refractivity contribution in [3.05, 3.63) is 36.2 Å². The standard InChI is InChI=1S/C14H19N5S/c1-9(2)14-17-12(8-13(18-14)19-15)16-10-4-6-11(20-3)7-5-10/h4-9H,15H2,1-3H3,(H2,16,17,18,19). The molecule has 0 saturated carbocycles. The van der Waals surface area contributed by atoms with E-state index in [0.717, 1.165) is 17.3 Å². The lowest BCUT2D eigenvalue weighted by Gasteiger charge is -2.11. The Morgan fingerprint density at radius 3 is 2.30 bits per heavy atom. The van der Waals surface area contributed by atoms with E-state index in [2.05, 4.69) is 39.1 Å². The number of hydrogen-bond donors (Lipinski definition) is 3. The minimum atomic E-state index is 0.239. The first-order valence-electron chi connectivity index (χ1n) is 6.39. The predicted octanol–water partition coefficient (Wildman–Crippen LogP) is 3.35. The maximum absolute atomic E-state index is 5.45. The zero-order chi connectivity index (χ0) is 14.5. The van der Waals surface area contributed by atoms with Crippen LogP contribution in [0.1, 0.15) is 25.6 Å². The lowest BCUT2D eigenvalue weighted by Crippen LogP contribution is -2.12. The first kappa shape index (κ1) is 14.6. The van der Waals surface area contributed by atoms with Crippen molar-refractivity contribution in [1.82, 2.24) is 9.97 Å². The molecule has 2 aromatic rings. The van der Waals surface area contributed by atoms with Crippen molar-refractivity contribution in [3.63, 3.8) is 0 Å². The summed E-state index contributed by atoms with van der Waals surface area (Å²) in [6.07, 6.45) is 2.06. The summed E-state index contributed by atoms with van der Waals surface area (Å²) in [6.45, 7) is 4.10. The molecule has 0 fully saturated rings. The van der Waals surface area contributed by atoms with Crippen LogP contribution in [0.15, 0.2) is 35.2 Å². The molecule has 0 atom stereocenters. The number of hydrogen-bond acceptors (Lipinski definition) is 6. The van der Waals surface area contributed by atoms with Gasteiger partial charge in [0.25, 0.3) is 0 Å². The molecule has 1 aromatic heterocycles. The number of nitrogens with one attached hydrogen (secondary N) is 2. The largest absolute Gasteiger partial charge is 0.340 e. The Hall–Kier alpha value is -1.79. The average Bonchev–Trinajstić information content (AvgIpc) is 2.47. The summed E-state index contributed by atoms with van der Waals surface area (Å²) in [5.74, 6) is 7.77. The molecule has 4 N–H and O–H groups in total. The van der Waals surface area contributed by atoms with Gasteiger partial charge < -0.3 is 10.7 Å². The van der Waals surface area contributed by atoms with Gasteiger partial charge in [-0.15, -0.1) is 11.8 Å². The van der Waals surface area contributed by atoms with Gasteiger partial charge in [0.1, 0.15) is 17.5 Å². The minimum absolute atomic E-state index is 0.239. The Labute approximate surface area is 123 Å². The monoisotopic (exact) mass is 289 g/mol. The van der Waals surface area contributed by atoms with Crippen LogP contribution in [0.3, 0.4) is 0 Å². The summed E-state index contributed by atoms with van der Waals surface area (Å²) < 4.78 is 0. The molecule has 0 spiro atoms. The summed E-state index contributed by atoms with van der Waals surface area (Å²) in [6, 6.07) is 9.98. The highest BCUT2D eigenvalue weighted by molar-refractivity contribution is 7.98. The van der Waals surface area contributed by atoms with E-state index < -0.39 is 0 Å². The molecule has 0 aliphatic heterocycles. The highest BCUT2D eigenvalue weighted by Crippen LogP contribution is 2.22. The summed E-state index contributed by atoms with van der Waals surface area (Å²) in [5, 5.41) is 3.27. The third-order valence-corrected chi connectivity index (χ3v) is 3.51. The van der Waals surface area contributed by atoms with E-state index in [0.29, 0.717) is 5.82 Å². The quantitative estimate of drug-likeness (QED) is 0.445. The minimum Gasteiger partial charge on any atom is -0.340 e. The maximum atomic E-state index is 5.45. The second kappa shape index (κ2) is 6.58. The Balaban J connectivity index is 2.24.